The van der Waals surface area contributed by atoms with Gasteiger partial charge in [0.2, 0.25) is 0 Å². The van der Waals surface area contributed by atoms with Gasteiger partial charge in [-0.2, -0.15) is 0 Å². The topological polar surface area (TPSA) is 15.3 Å². The highest BCUT2D eigenvalue weighted by molar-refractivity contribution is 4.91. The van der Waals surface area contributed by atoms with Crippen LogP contribution in [0.15, 0.2) is 0 Å². The zero-order valence-electron chi connectivity index (χ0n) is 9.98. The summed E-state index contributed by atoms with van der Waals surface area (Å²) in [5.41, 5.74) is 0.643. The molecule has 2 nitrogen and oxygen atoms in total. The number of hydrogen-bond acceptors (Lipinski definition) is 2. The Morgan fingerprint density at radius 3 is 2.00 bits per heavy atom. The summed E-state index contributed by atoms with van der Waals surface area (Å²) in [4.78, 5) is 2.27. The molecule has 0 amide bonds. The van der Waals surface area contributed by atoms with Crippen molar-refractivity contribution in [2.24, 2.45) is 5.41 Å². The van der Waals surface area contributed by atoms with Crippen LogP contribution in [0.1, 0.15) is 33.6 Å². The first-order chi connectivity index (χ1) is 6.18. The molecule has 1 saturated heterocycles. The molecular weight excluding hydrogens is 160 g/mol. The van der Waals surface area contributed by atoms with Crippen LogP contribution in [0.3, 0.4) is 0 Å². The SMILES string of the molecule is CC.CCC1(CCN(C)C)CNC1. The molecule has 0 atom stereocenters. The molecule has 1 fully saturated rings. The number of hydrogen-bond donors (Lipinski definition) is 1. The predicted octanol–water partition coefficient (Wildman–Crippen LogP) is 1.96. The van der Waals surface area contributed by atoms with Gasteiger partial charge in [0.05, 0.1) is 0 Å². The third-order valence-corrected chi connectivity index (χ3v) is 2.84. The van der Waals surface area contributed by atoms with Crippen LogP contribution in [0.5, 0.6) is 0 Å². The summed E-state index contributed by atoms with van der Waals surface area (Å²) in [5.74, 6) is 0. The van der Waals surface area contributed by atoms with Gasteiger partial charge in [0.25, 0.3) is 0 Å². The third kappa shape index (κ3) is 4.10. The molecule has 13 heavy (non-hydrogen) atoms. The Kier molecular flexibility index (Phi) is 6.35. The van der Waals surface area contributed by atoms with Crippen molar-refractivity contribution in [3.05, 3.63) is 0 Å². The van der Waals surface area contributed by atoms with Crippen molar-refractivity contribution in [3.8, 4) is 0 Å². The van der Waals surface area contributed by atoms with Gasteiger partial charge in [-0.3, -0.25) is 0 Å². The van der Waals surface area contributed by atoms with E-state index in [1.54, 1.807) is 0 Å². The van der Waals surface area contributed by atoms with Crippen molar-refractivity contribution >= 4 is 0 Å². The van der Waals surface area contributed by atoms with Crippen molar-refractivity contribution in [2.45, 2.75) is 33.6 Å². The molecule has 0 aromatic rings. The van der Waals surface area contributed by atoms with Gasteiger partial charge in [-0.05, 0) is 38.9 Å². The molecule has 0 saturated carbocycles. The molecule has 0 aliphatic carbocycles. The summed E-state index contributed by atoms with van der Waals surface area (Å²) >= 11 is 0. The van der Waals surface area contributed by atoms with E-state index >= 15 is 0 Å². The molecule has 0 radical (unpaired) electrons. The summed E-state index contributed by atoms with van der Waals surface area (Å²) < 4.78 is 0. The maximum atomic E-state index is 3.36. The Bertz CT molecular complexity index is 112. The average molecular weight is 186 g/mol. The van der Waals surface area contributed by atoms with Crippen LogP contribution in [0.2, 0.25) is 0 Å². The van der Waals surface area contributed by atoms with Crippen LogP contribution < -0.4 is 5.32 Å². The first kappa shape index (κ1) is 12.9. The Balaban J connectivity index is 0.000000671. The monoisotopic (exact) mass is 186 g/mol. The van der Waals surface area contributed by atoms with E-state index in [1.165, 1.54) is 32.5 Å². The van der Waals surface area contributed by atoms with E-state index in [1.807, 2.05) is 13.8 Å². The molecule has 0 aromatic carbocycles. The maximum absolute atomic E-state index is 3.36. The molecule has 0 spiro atoms. The molecule has 1 N–H and O–H groups in total. The second-order valence-corrected chi connectivity index (χ2v) is 4.01. The Morgan fingerprint density at radius 2 is 1.77 bits per heavy atom. The van der Waals surface area contributed by atoms with E-state index in [2.05, 4.69) is 31.2 Å². The van der Waals surface area contributed by atoms with Crippen LogP contribution >= 0.6 is 0 Å². The summed E-state index contributed by atoms with van der Waals surface area (Å²) in [6, 6.07) is 0. The fourth-order valence-corrected chi connectivity index (χ4v) is 1.54. The molecule has 80 valence electrons. The highest BCUT2D eigenvalue weighted by Gasteiger charge is 2.34. The van der Waals surface area contributed by atoms with Gasteiger partial charge in [0, 0.05) is 13.1 Å². The summed E-state index contributed by atoms with van der Waals surface area (Å²) in [6.07, 6.45) is 2.68. The number of nitrogens with zero attached hydrogens (tertiary/aromatic N) is 1. The summed E-state index contributed by atoms with van der Waals surface area (Å²) in [5, 5.41) is 3.36. The van der Waals surface area contributed by atoms with E-state index in [-0.39, 0.29) is 0 Å². The lowest BCUT2D eigenvalue weighted by molar-refractivity contribution is 0.131. The minimum Gasteiger partial charge on any atom is -0.316 e. The van der Waals surface area contributed by atoms with Gasteiger partial charge >= 0.3 is 0 Å². The van der Waals surface area contributed by atoms with Crippen molar-refractivity contribution in [1.82, 2.24) is 10.2 Å². The minimum absolute atomic E-state index is 0.643. The Hall–Kier alpha value is -0.0800. The van der Waals surface area contributed by atoms with E-state index in [0.717, 1.165) is 0 Å². The standard InChI is InChI=1S/C9H20N2.C2H6/c1-4-9(7-10-8-9)5-6-11(2)3;1-2/h10H,4-8H2,1-3H3;1-2H3. The third-order valence-electron chi connectivity index (χ3n) is 2.84. The average Bonchev–Trinajstić information content (AvgIpc) is 2.07. The lowest BCUT2D eigenvalue weighted by Crippen LogP contribution is -2.53. The first-order valence-corrected chi connectivity index (χ1v) is 5.54. The van der Waals surface area contributed by atoms with Gasteiger partial charge in [-0.1, -0.05) is 20.8 Å². The van der Waals surface area contributed by atoms with Crippen molar-refractivity contribution in [2.75, 3.05) is 33.7 Å². The van der Waals surface area contributed by atoms with Gasteiger partial charge in [0.1, 0.15) is 0 Å². The lowest BCUT2D eigenvalue weighted by atomic mass is 9.76. The molecule has 1 heterocycles. The molecule has 1 aliphatic rings. The minimum atomic E-state index is 0.643. The summed E-state index contributed by atoms with van der Waals surface area (Å²) in [7, 11) is 4.30. The van der Waals surface area contributed by atoms with Gasteiger partial charge in [0.15, 0.2) is 0 Å². The van der Waals surface area contributed by atoms with E-state index in [0.29, 0.717) is 5.41 Å². The van der Waals surface area contributed by atoms with Crippen LogP contribution in [0, 0.1) is 5.41 Å². The maximum Gasteiger partial charge on any atom is 0.00206 e. The van der Waals surface area contributed by atoms with Crippen LogP contribution in [0.25, 0.3) is 0 Å². The van der Waals surface area contributed by atoms with Crippen LogP contribution in [-0.2, 0) is 0 Å². The first-order valence-electron chi connectivity index (χ1n) is 5.54. The van der Waals surface area contributed by atoms with Crippen LogP contribution in [-0.4, -0.2) is 38.6 Å². The summed E-state index contributed by atoms with van der Waals surface area (Å²) in [6.45, 7) is 10.0. The Labute approximate surface area is 83.7 Å². The number of rotatable bonds is 4. The Morgan fingerprint density at radius 1 is 1.23 bits per heavy atom. The molecule has 1 aliphatic heterocycles. The number of nitrogens with one attached hydrogen (secondary N) is 1. The van der Waals surface area contributed by atoms with Gasteiger partial charge in [-0.25, -0.2) is 0 Å². The van der Waals surface area contributed by atoms with Crippen molar-refractivity contribution in [3.63, 3.8) is 0 Å². The largest absolute Gasteiger partial charge is 0.316 e. The zero-order chi connectivity index (χ0) is 10.3. The van der Waals surface area contributed by atoms with Crippen molar-refractivity contribution in [1.29, 1.82) is 0 Å². The second-order valence-electron chi connectivity index (χ2n) is 4.01. The molecule has 0 aromatic heterocycles. The van der Waals surface area contributed by atoms with E-state index in [4.69, 9.17) is 0 Å². The molecule has 0 unspecified atom stereocenters. The van der Waals surface area contributed by atoms with Crippen molar-refractivity contribution < 1.29 is 0 Å². The van der Waals surface area contributed by atoms with E-state index in [9.17, 15) is 0 Å². The zero-order valence-corrected chi connectivity index (χ0v) is 9.98. The molecule has 0 bridgehead atoms. The molecule has 1 rings (SSSR count). The highest BCUT2D eigenvalue weighted by atomic mass is 15.1. The predicted molar refractivity (Wildman–Crippen MR) is 60.1 cm³/mol. The lowest BCUT2D eigenvalue weighted by Gasteiger charge is -2.42. The molecule has 2 heteroatoms. The quantitative estimate of drug-likeness (QED) is 0.722. The normalized spacial score (nSPS) is 18.9. The van der Waals surface area contributed by atoms with E-state index < -0.39 is 0 Å². The molecular formula is C11H26N2. The fraction of sp³-hybridized carbons (Fsp3) is 1.00. The highest BCUT2D eigenvalue weighted by Crippen LogP contribution is 2.30. The fourth-order valence-electron chi connectivity index (χ4n) is 1.54. The van der Waals surface area contributed by atoms with Gasteiger partial charge in [-0.15, -0.1) is 0 Å². The smallest absolute Gasteiger partial charge is 0.00206 e. The van der Waals surface area contributed by atoms with Gasteiger partial charge < -0.3 is 10.2 Å². The van der Waals surface area contributed by atoms with Crippen LogP contribution in [0.4, 0.5) is 0 Å². The second kappa shape index (κ2) is 6.39.